The third-order valence-corrected chi connectivity index (χ3v) is 3.67. The zero-order valence-electron chi connectivity index (χ0n) is 10.1. The number of ketones is 1. The summed E-state index contributed by atoms with van der Waals surface area (Å²) in [5.41, 5.74) is 0. The second kappa shape index (κ2) is 4.85. The van der Waals surface area contributed by atoms with Gasteiger partial charge in [0, 0.05) is 25.4 Å². The molecule has 2 aliphatic rings. The van der Waals surface area contributed by atoms with E-state index in [1.807, 2.05) is 0 Å². The molecule has 0 saturated carbocycles. The lowest BCUT2D eigenvalue weighted by Crippen LogP contribution is -2.48. The van der Waals surface area contributed by atoms with Gasteiger partial charge in [-0.05, 0) is 26.2 Å². The summed E-state index contributed by atoms with van der Waals surface area (Å²) in [5.74, 6) is 0.295. The predicted octanol–water partition coefficient (Wildman–Crippen LogP) is 0.0926. The lowest BCUT2D eigenvalue weighted by Gasteiger charge is -2.32. The van der Waals surface area contributed by atoms with E-state index in [1.165, 1.54) is 0 Å². The average Bonchev–Trinajstić information content (AvgIpc) is 2.75. The molecule has 2 saturated heterocycles. The monoisotopic (exact) mass is 238 g/mol. The summed E-state index contributed by atoms with van der Waals surface area (Å²) in [6.45, 7) is 2.88. The highest BCUT2D eigenvalue weighted by Crippen LogP contribution is 2.20. The van der Waals surface area contributed by atoms with Crippen molar-refractivity contribution < 1.29 is 14.4 Å². The van der Waals surface area contributed by atoms with Crippen LogP contribution in [-0.2, 0) is 14.4 Å². The van der Waals surface area contributed by atoms with Gasteiger partial charge in [0.2, 0.25) is 11.8 Å². The molecule has 2 fully saturated rings. The van der Waals surface area contributed by atoms with Crippen LogP contribution >= 0.6 is 0 Å². The molecule has 0 aromatic carbocycles. The highest BCUT2D eigenvalue weighted by Gasteiger charge is 2.33. The standard InChI is InChI=1S/C12H18N2O3/c1-8(15)9-4-6-14(7-5-9)12(17)10-2-3-11(16)13-10/h9-10H,2-7H2,1H3,(H,13,16)/t10-/m0/s1. The number of likely N-dealkylation sites (tertiary alicyclic amines) is 1. The van der Waals surface area contributed by atoms with Crippen molar-refractivity contribution in [2.24, 2.45) is 5.92 Å². The van der Waals surface area contributed by atoms with Crippen molar-refractivity contribution in [3.8, 4) is 0 Å². The van der Waals surface area contributed by atoms with Crippen LogP contribution in [0.4, 0.5) is 0 Å². The Kier molecular flexibility index (Phi) is 3.45. The normalized spacial score (nSPS) is 25.8. The SMILES string of the molecule is CC(=O)C1CCN(C(=O)[C@@H]2CCC(=O)N2)CC1. The van der Waals surface area contributed by atoms with Gasteiger partial charge in [0.25, 0.3) is 0 Å². The largest absolute Gasteiger partial charge is 0.344 e. The Morgan fingerprint density at radius 1 is 1.24 bits per heavy atom. The predicted molar refractivity (Wildman–Crippen MR) is 61.1 cm³/mol. The third kappa shape index (κ3) is 2.65. The van der Waals surface area contributed by atoms with E-state index in [2.05, 4.69) is 5.32 Å². The summed E-state index contributed by atoms with van der Waals surface area (Å²) in [5, 5.41) is 2.69. The second-order valence-electron chi connectivity index (χ2n) is 4.87. The first-order valence-electron chi connectivity index (χ1n) is 6.16. The van der Waals surface area contributed by atoms with Crippen LogP contribution in [0, 0.1) is 5.92 Å². The molecule has 5 nitrogen and oxygen atoms in total. The molecule has 0 spiro atoms. The molecule has 0 aromatic heterocycles. The Labute approximate surface area is 101 Å². The van der Waals surface area contributed by atoms with Crippen molar-refractivity contribution in [1.82, 2.24) is 10.2 Å². The smallest absolute Gasteiger partial charge is 0.245 e. The van der Waals surface area contributed by atoms with Crippen LogP contribution in [0.15, 0.2) is 0 Å². The Hall–Kier alpha value is -1.39. The summed E-state index contributed by atoms with van der Waals surface area (Å²) in [6.07, 6.45) is 2.55. The van der Waals surface area contributed by atoms with Crippen molar-refractivity contribution in [2.75, 3.05) is 13.1 Å². The molecule has 0 aliphatic carbocycles. The van der Waals surface area contributed by atoms with Crippen molar-refractivity contribution >= 4 is 17.6 Å². The van der Waals surface area contributed by atoms with Crippen LogP contribution in [0.1, 0.15) is 32.6 Å². The molecule has 2 aliphatic heterocycles. The molecular weight excluding hydrogens is 220 g/mol. The van der Waals surface area contributed by atoms with E-state index in [-0.39, 0.29) is 29.6 Å². The van der Waals surface area contributed by atoms with Crippen molar-refractivity contribution in [3.63, 3.8) is 0 Å². The van der Waals surface area contributed by atoms with E-state index in [1.54, 1.807) is 11.8 Å². The molecule has 2 rings (SSSR count). The first-order chi connectivity index (χ1) is 8.08. The number of nitrogens with one attached hydrogen (secondary N) is 1. The van der Waals surface area contributed by atoms with Crippen molar-refractivity contribution in [1.29, 1.82) is 0 Å². The van der Waals surface area contributed by atoms with E-state index in [9.17, 15) is 14.4 Å². The van der Waals surface area contributed by atoms with Crippen LogP contribution in [0.5, 0.6) is 0 Å². The van der Waals surface area contributed by atoms with Gasteiger partial charge in [0.1, 0.15) is 11.8 Å². The first kappa shape index (κ1) is 12.1. The highest BCUT2D eigenvalue weighted by molar-refractivity contribution is 5.91. The number of piperidine rings is 1. The molecule has 2 heterocycles. The minimum absolute atomic E-state index is 0.0119. The van der Waals surface area contributed by atoms with E-state index in [4.69, 9.17) is 0 Å². The number of rotatable bonds is 2. The molecule has 17 heavy (non-hydrogen) atoms. The number of carbonyl (C=O) groups is 3. The number of hydrogen-bond acceptors (Lipinski definition) is 3. The lowest BCUT2D eigenvalue weighted by atomic mass is 9.93. The second-order valence-corrected chi connectivity index (χ2v) is 4.87. The van der Waals surface area contributed by atoms with Gasteiger partial charge < -0.3 is 10.2 Å². The maximum absolute atomic E-state index is 12.0. The quantitative estimate of drug-likeness (QED) is 0.741. The van der Waals surface area contributed by atoms with Crippen molar-refractivity contribution in [3.05, 3.63) is 0 Å². The highest BCUT2D eigenvalue weighted by atomic mass is 16.2. The zero-order chi connectivity index (χ0) is 12.4. The fraction of sp³-hybridized carbons (Fsp3) is 0.750. The minimum atomic E-state index is -0.337. The molecule has 1 N–H and O–H groups in total. The van der Waals surface area contributed by atoms with E-state index in [0.717, 1.165) is 12.8 Å². The van der Waals surface area contributed by atoms with Gasteiger partial charge in [0.05, 0.1) is 0 Å². The van der Waals surface area contributed by atoms with Gasteiger partial charge in [-0.15, -0.1) is 0 Å². The average molecular weight is 238 g/mol. The van der Waals surface area contributed by atoms with Gasteiger partial charge in [-0.3, -0.25) is 14.4 Å². The molecule has 1 atom stereocenters. The minimum Gasteiger partial charge on any atom is -0.344 e. The molecule has 0 unspecified atom stereocenters. The van der Waals surface area contributed by atoms with Crippen LogP contribution in [0.2, 0.25) is 0 Å². The zero-order valence-corrected chi connectivity index (χ0v) is 10.1. The molecular formula is C12H18N2O3. The van der Waals surface area contributed by atoms with Gasteiger partial charge >= 0.3 is 0 Å². The summed E-state index contributed by atoms with van der Waals surface area (Å²) in [6, 6.07) is -0.337. The summed E-state index contributed by atoms with van der Waals surface area (Å²) in [7, 11) is 0. The van der Waals surface area contributed by atoms with Gasteiger partial charge in [-0.1, -0.05) is 0 Å². The van der Waals surface area contributed by atoms with Crippen LogP contribution in [-0.4, -0.2) is 41.6 Å². The number of hydrogen-bond donors (Lipinski definition) is 1. The van der Waals surface area contributed by atoms with Crippen molar-refractivity contribution in [2.45, 2.75) is 38.6 Å². The topological polar surface area (TPSA) is 66.5 Å². The first-order valence-corrected chi connectivity index (χ1v) is 6.16. The maximum Gasteiger partial charge on any atom is 0.245 e. The van der Waals surface area contributed by atoms with Crippen LogP contribution in [0.25, 0.3) is 0 Å². The van der Waals surface area contributed by atoms with E-state index >= 15 is 0 Å². The number of nitrogens with zero attached hydrogens (tertiary/aromatic N) is 1. The van der Waals surface area contributed by atoms with Gasteiger partial charge in [-0.2, -0.15) is 0 Å². The molecule has 5 heteroatoms. The third-order valence-electron chi connectivity index (χ3n) is 3.67. The molecule has 0 radical (unpaired) electrons. The lowest BCUT2D eigenvalue weighted by molar-refractivity contribution is -0.137. The molecule has 94 valence electrons. The molecule has 0 aromatic rings. The van der Waals surface area contributed by atoms with E-state index < -0.39 is 0 Å². The van der Waals surface area contributed by atoms with Crippen LogP contribution in [0.3, 0.4) is 0 Å². The number of amides is 2. The fourth-order valence-corrected chi connectivity index (χ4v) is 2.53. The Morgan fingerprint density at radius 2 is 1.88 bits per heavy atom. The summed E-state index contributed by atoms with van der Waals surface area (Å²) in [4.78, 5) is 36.1. The summed E-state index contributed by atoms with van der Waals surface area (Å²) >= 11 is 0. The van der Waals surface area contributed by atoms with Crippen LogP contribution < -0.4 is 5.32 Å². The fourth-order valence-electron chi connectivity index (χ4n) is 2.53. The number of Topliss-reactive ketones (excluding diaryl/α,β-unsaturated/α-hetero) is 1. The number of carbonyl (C=O) groups excluding carboxylic acids is 3. The van der Waals surface area contributed by atoms with E-state index in [0.29, 0.717) is 25.9 Å². The molecule has 0 bridgehead atoms. The maximum atomic E-state index is 12.0. The Bertz CT molecular complexity index is 346. The van der Waals surface area contributed by atoms with Gasteiger partial charge in [-0.25, -0.2) is 0 Å². The summed E-state index contributed by atoms with van der Waals surface area (Å²) < 4.78 is 0. The Morgan fingerprint density at radius 3 is 2.35 bits per heavy atom. The molecule has 2 amide bonds. The van der Waals surface area contributed by atoms with Gasteiger partial charge in [0.15, 0.2) is 0 Å². The Balaban J connectivity index is 1.86.